The molecule has 1 aromatic heterocycles. The van der Waals surface area contributed by atoms with E-state index in [9.17, 15) is 27.9 Å². The van der Waals surface area contributed by atoms with Crippen LogP contribution < -0.4 is 5.32 Å². The fourth-order valence-corrected chi connectivity index (χ4v) is 3.17. The van der Waals surface area contributed by atoms with Gasteiger partial charge in [0.1, 0.15) is 5.01 Å². The molecule has 2 aromatic rings. The minimum atomic E-state index is -5.10. The van der Waals surface area contributed by atoms with Gasteiger partial charge in [0, 0.05) is 16.8 Å². The van der Waals surface area contributed by atoms with Gasteiger partial charge in [0.2, 0.25) is 11.5 Å². The summed E-state index contributed by atoms with van der Waals surface area (Å²) in [6.45, 7) is 2.97. The van der Waals surface area contributed by atoms with Crippen LogP contribution in [-0.4, -0.2) is 33.2 Å². The number of aromatic nitrogens is 1. The zero-order valence-corrected chi connectivity index (χ0v) is 14.5. The predicted octanol–water partition coefficient (Wildman–Crippen LogP) is 3.24. The van der Waals surface area contributed by atoms with Crippen LogP contribution >= 0.6 is 11.3 Å². The van der Waals surface area contributed by atoms with Crippen molar-refractivity contribution in [2.45, 2.75) is 32.0 Å². The van der Waals surface area contributed by atoms with Crippen molar-refractivity contribution in [2.75, 3.05) is 5.32 Å². The second-order valence-corrected chi connectivity index (χ2v) is 6.57. The third-order valence-electron chi connectivity index (χ3n) is 3.60. The largest absolute Gasteiger partial charge is 0.478 e. The van der Waals surface area contributed by atoms with E-state index in [1.807, 2.05) is 0 Å². The molecule has 6 nitrogen and oxygen atoms in total. The van der Waals surface area contributed by atoms with Gasteiger partial charge in [-0.2, -0.15) is 13.2 Å². The van der Waals surface area contributed by atoms with E-state index < -0.39 is 35.1 Å². The highest BCUT2D eigenvalue weighted by atomic mass is 32.1. The molecule has 10 heteroatoms. The maximum atomic E-state index is 13.4. The van der Waals surface area contributed by atoms with Crippen molar-refractivity contribution in [1.29, 1.82) is 0 Å². The highest BCUT2D eigenvalue weighted by molar-refractivity contribution is 7.09. The SMILES string of the molecule is Cc1csc(C(O)(CC(=O)Nc2ccc(C(=O)O)c(C)c2)C(F)(F)F)n1. The number of halogens is 3. The van der Waals surface area contributed by atoms with Crippen molar-refractivity contribution in [1.82, 2.24) is 4.98 Å². The number of aromatic carboxylic acids is 1. The number of carbonyl (C=O) groups is 2. The van der Waals surface area contributed by atoms with Gasteiger partial charge in [-0.05, 0) is 37.6 Å². The van der Waals surface area contributed by atoms with E-state index >= 15 is 0 Å². The number of aryl methyl sites for hydroxylation is 2. The zero-order valence-electron chi connectivity index (χ0n) is 13.7. The number of anilines is 1. The minimum Gasteiger partial charge on any atom is -0.478 e. The number of hydrogen-bond acceptors (Lipinski definition) is 5. The van der Waals surface area contributed by atoms with E-state index in [1.165, 1.54) is 37.4 Å². The first kappa shape index (κ1) is 19.9. The first-order valence-electron chi connectivity index (χ1n) is 7.29. The van der Waals surface area contributed by atoms with Gasteiger partial charge in [0.15, 0.2) is 0 Å². The summed E-state index contributed by atoms with van der Waals surface area (Å²) in [4.78, 5) is 26.7. The summed E-state index contributed by atoms with van der Waals surface area (Å²) in [7, 11) is 0. The maximum absolute atomic E-state index is 13.4. The summed E-state index contributed by atoms with van der Waals surface area (Å²) in [6, 6.07) is 3.81. The van der Waals surface area contributed by atoms with Gasteiger partial charge in [0.25, 0.3) is 0 Å². The van der Waals surface area contributed by atoms with E-state index in [4.69, 9.17) is 5.11 Å². The average Bonchev–Trinajstić information content (AvgIpc) is 2.92. The lowest BCUT2D eigenvalue weighted by Gasteiger charge is -2.27. The lowest BCUT2D eigenvalue weighted by molar-refractivity contribution is -0.266. The summed E-state index contributed by atoms with van der Waals surface area (Å²) < 4.78 is 40.1. The van der Waals surface area contributed by atoms with Gasteiger partial charge in [-0.25, -0.2) is 9.78 Å². The van der Waals surface area contributed by atoms with Crippen molar-refractivity contribution < 1.29 is 33.0 Å². The molecule has 26 heavy (non-hydrogen) atoms. The second kappa shape index (κ2) is 7.04. The van der Waals surface area contributed by atoms with Crippen molar-refractivity contribution in [3.8, 4) is 0 Å². The molecule has 140 valence electrons. The Kier molecular flexibility index (Phi) is 5.38. The van der Waals surface area contributed by atoms with Gasteiger partial charge in [-0.3, -0.25) is 4.79 Å². The summed E-state index contributed by atoms with van der Waals surface area (Å²) in [5.41, 5.74) is -2.65. The Bertz CT molecular complexity index is 850. The Balaban J connectivity index is 2.23. The van der Waals surface area contributed by atoms with E-state index in [1.54, 1.807) is 0 Å². The number of aliphatic hydroxyl groups is 1. The number of hydrogen-bond donors (Lipinski definition) is 3. The Morgan fingerprint density at radius 3 is 2.38 bits per heavy atom. The van der Waals surface area contributed by atoms with Gasteiger partial charge in [-0.1, -0.05) is 0 Å². The molecule has 0 fully saturated rings. The van der Waals surface area contributed by atoms with E-state index in [2.05, 4.69) is 10.3 Å². The van der Waals surface area contributed by atoms with Crippen molar-refractivity contribution in [2.24, 2.45) is 0 Å². The molecule has 1 aromatic carbocycles. The first-order chi connectivity index (χ1) is 11.9. The third kappa shape index (κ3) is 4.02. The Morgan fingerprint density at radius 2 is 1.92 bits per heavy atom. The van der Waals surface area contributed by atoms with Crippen LogP contribution in [0, 0.1) is 13.8 Å². The van der Waals surface area contributed by atoms with Crippen LogP contribution in [0.2, 0.25) is 0 Å². The standard InChI is InChI=1S/C16H15F3N2O4S/c1-8-5-10(3-4-11(8)13(23)24)21-12(22)6-15(25,16(17,18)19)14-20-9(2)7-26-14/h3-5,7,25H,6H2,1-2H3,(H,21,22)(H,23,24). The molecule has 0 spiro atoms. The number of carbonyl (C=O) groups excluding carboxylic acids is 1. The van der Waals surface area contributed by atoms with E-state index in [-0.39, 0.29) is 11.3 Å². The Morgan fingerprint density at radius 1 is 1.27 bits per heavy atom. The topological polar surface area (TPSA) is 99.5 Å². The molecule has 0 radical (unpaired) electrons. The Hall–Kier alpha value is -2.46. The molecule has 2 rings (SSSR count). The molecular weight excluding hydrogens is 373 g/mol. The quantitative estimate of drug-likeness (QED) is 0.730. The van der Waals surface area contributed by atoms with Crippen LogP contribution in [0.25, 0.3) is 0 Å². The molecule has 0 aliphatic heterocycles. The molecule has 0 saturated carbocycles. The number of carboxylic acid groups (broad SMARTS) is 1. The number of amides is 1. The summed E-state index contributed by atoms with van der Waals surface area (Å²) in [5.74, 6) is -2.24. The summed E-state index contributed by atoms with van der Waals surface area (Å²) in [6.07, 6.45) is -6.37. The van der Waals surface area contributed by atoms with Crippen LogP contribution in [0.4, 0.5) is 18.9 Å². The molecule has 0 saturated heterocycles. The fraction of sp³-hybridized carbons (Fsp3) is 0.312. The van der Waals surface area contributed by atoms with Crippen LogP contribution in [0.5, 0.6) is 0 Å². The lowest BCUT2D eigenvalue weighted by atomic mass is 9.99. The van der Waals surface area contributed by atoms with Gasteiger partial charge in [-0.15, -0.1) is 11.3 Å². The number of rotatable bonds is 5. The minimum absolute atomic E-state index is 0.00746. The number of nitrogens with one attached hydrogen (secondary N) is 1. The molecule has 3 N–H and O–H groups in total. The van der Waals surface area contributed by atoms with Crippen LogP contribution in [0.15, 0.2) is 23.6 Å². The third-order valence-corrected chi connectivity index (χ3v) is 4.71. The second-order valence-electron chi connectivity index (χ2n) is 5.71. The number of alkyl halides is 3. The van der Waals surface area contributed by atoms with Crippen LogP contribution in [0.3, 0.4) is 0 Å². The van der Waals surface area contributed by atoms with Crippen molar-refractivity contribution in [3.63, 3.8) is 0 Å². The number of nitrogens with zero attached hydrogens (tertiary/aromatic N) is 1. The zero-order chi connectivity index (χ0) is 19.7. The first-order valence-corrected chi connectivity index (χ1v) is 8.17. The lowest BCUT2D eigenvalue weighted by Crippen LogP contribution is -2.45. The number of benzene rings is 1. The van der Waals surface area contributed by atoms with E-state index in [0.29, 0.717) is 22.6 Å². The molecule has 0 aliphatic rings. The smallest absolute Gasteiger partial charge is 0.424 e. The molecule has 1 heterocycles. The molecule has 0 aliphatic carbocycles. The van der Waals surface area contributed by atoms with Crippen LogP contribution in [-0.2, 0) is 10.4 Å². The number of thiazole rings is 1. The van der Waals surface area contributed by atoms with E-state index in [0.717, 1.165) is 0 Å². The fourth-order valence-electron chi connectivity index (χ4n) is 2.26. The highest BCUT2D eigenvalue weighted by Gasteiger charge is 2.58. The molecule has 1 unspecified atom stereocenters. The normalized spacial score (nSPS) is 13.9. The van der Waals surface area contributed by atoms with Crippen LogP contribution in [0.1, 0.15) is 33.0 Å². The molecule has 1 atom stereocenters. The molecule has 0 bridgehead atoms. The average molecular weight is 388 g/mol. The Labute approximate surface area is 150 Å². The van der Waals surface area contributed by atoms with Gasteiger partial charge in [0.05, 0.1) is 12.0 Å². The number of carboxylic acids is 1. The van der Waals surface area contributed by atoms with Gasteiger partial charge < -0.3 is 15.5 Å². The predicted molar refractivity (Wildman–Crippen MR) is 88.2 cm³/mol. The summed E-state index contributed by atoms with van der Waals surface area (Å²) in [5, 5.41) is 22.1. The van der Waals surface area contributed by atoms with Gasteiger partial charge >= 0.3 is 12.1 Å². The summed E-state index contributed by atoms with van der Waals surface area (Å²) >= 11 is 0.613. The monoisotopic (exact) mass is 388 g/mol. The molecular formula is C16H15F3N2O4S. The highest BCUT2D eigenvalue weighted by Crippen LogP contribution is 2.43. The maximum Gasteiger partial charge on any atom is 0.424 e. The van der Waals surface area contributed by atoms with Crippen molar-refractivity contribution in [3.05, 3.63) is 45.4 Å². The van der Waals surface area contributed by atoms with Crippen molar-refractivity contribution >= 4 is 28.9 Å². The molecule has 1 amide bonds.